The summed E-state index contributed by atoms with van der Waals surface area (Å²) in [5.74, 6) is 0. The predicted octanol–water partition coefficient (Wildman–Crippen LogP) is -0.180. The van der Waals surface area contributed by atoms with E-state index >= 15 is 0 Å². The van der Waals surface area contributed by atoms with Gasteiger partial charge in [0.05, 0.1) is 0 Å². The van der Waals surface area contributed by atoms with Crippen LogP contribution in [0.1, 0.15) is 33.6 Å². The van der Waals surface area contributed by atoms with Crippen LogP contribution in [-0.4, -0.2) is 13.6 Å². The van der Waals surface area contributed by atoms with Gasteiger partial charge in [0.1, 0.15) is 0 Å². The van der Waals surface area contributed by atoms with Crippen LogP contribution in [0.2, 0.25) is 0 Å². The molecule has 0 heterocycles. The third-order valence-corrected chi connectivity index (χ3v) is 0.447. The van der Waals surface area contributed by atoms with E-state index in [2.05, 4.69) is 26.1 Å². The van der Waals surface area contributed by atoms with Crippen LogP contribution in [0.5, 0.6) is 0 Å². The van der Waals surface area contributed by atoms with Gasteiger partial charge >= 0.3 is 51.4 Å². The molecule has 1 nitrogen and oxygen atoms in total. The molecule has 0 bridgehead atoms. The molecule has 0 aliphatic rings. The van der Waals surface area contributed by atoms with Crippen LogP contribution in [0.4, 0.5) is 0 Å². The normalized spacial score (nSPS) is 6.67. The van der Waals surface area contributed by atoms with Crippen LogP contribution in [0, 0.1) is 0 Å². The molecular weight excluding hydrogens is 137 g/mol. The number of hydrogen-bond donors (Lipinski definition) is 0. The molecule has 0 aliphatic carbocycles. The quantitative estimate of drug-likeness (QED) is 0.491. The summed E-state index contributed by atoms with van der Waals surface area (Å²) in [5, 5.41) is 3.85. The summed E-state index contributed by atoms with van der Waals surface area (Å²) < 4.78 is 0. The zero-order valence-corrected chi connectivity index (χ0v) is 10.7. The molecule has 0 saturated carbocycles. The van der Waals surface area contributed by atoms with E-state index in [9.17, 15) is 0 Å². The zero-order chi connectivity index (χ0) is 6.83. The average molecular weight is 155 g/mol. The van der Waals surface area contributed by atoms with Gasteiger partial charge in [0, 0.05) is 0 Å². The Kier molecular flexibility index (Phi) is 42.5. The van der Waals surface area contributed by atoms with Crippen LogP contribution in [0.15, 0.2) is 0 Å². The molecule has 2 heteroatoms. The van der Waals surface area contributed by atoms with Gasteiger partial charge < -0.3 is 5.32 Å². The predicted molar refractivity (Wildman–Crippen MR) is 40.4 cm³/mol. The van der Waals surface area contributed by atoms with Crippen molar-refractivity contribution in [3.8, 4) is 0 Å². The molecule has 0 atom stereocenters. The molecule has 0 saturated heterocycles. The molecular formula is C7H18KN. The summed E-state index contributed by atoms with van der Waals surface area (Å²) in [5.41, 5.74) is 0. The fourth-order valence-electron chi connectivity index (χ4n) is 0.224. The Balaban J connectivity index is -0.0000000800. The third kappa shape index (κ3) is 42.8. The van der Waals surface area contributed by atoms with Crippen LogP contribution < -0.4 is 51.4 Å². The van der Waals surface area contributed by atoms with Gasteiger partial charge in [0.25, 0.3) is 0 Å². The van der Waals surface area contributed by atoms with Gasteiger partial charge in [-0.1, -0.05) is 33.6 Å². The van der Waals surface area contributed by atoms with E-state index in [1.807, 2.05) is 7.05 Å². The summed E-state index contributed by atoms with van der Waals surface area (Å²) in [6, 6.07) is 0. The molecule has 0 N–H and O–H groups in total. The maximum Gasteiger partial charge on any atom is 1.00 e. The molecule has 9 heavy (non-hydrogen) atoms. The van der Waals surface area contributed by atoms with Crippen molar-refractivity contribution in [2.75, 3.05) is 13.6 Å². The average Bonchev–Trinajstić information content (AvgIpc) is 1.71. The first-order valence-corrected chi connectivity index (χ1v) is 3.38. The minimum Gasteiger partial charge on any atom is -0.665 e. The SMILES string of the molecule is CCC.CCC[N-]C.[K+]. The van der Waals surface area contributed by atoms with Crippen LogP contribution in [0.3, 0.4) is 0 Å². The van der Waals surface area contributed by atoms with E-state index in [1.165, 1.54) is 12.8 Å². The van der Waals surface area contributed by atoms with Crippen molar-refractivity contribution < 1.29 is 51.4 Å². The molecule has 0 aromatic rings. The van der Waals surface area contributed by atoms with E-state index in [4.69, 9.17) is 0 Å². The second-order valence-electron chi connectivity index (χ2n) is 1.75. The molecule has 0 radical (unpaired) electrons. The molecule has 0 rings (SSSR count). The monoisotopic (exact) mass is 155 g/mol. The molecule has 0 spiro atoms. The Hall–Kier alpha value is 1.60. The number of rotatable bonds is 2. The molecule has 0 fully saturated rings. The maximum atomic E-state index is 3.85. The van der Waals surface area contributed by atoms with Crippen molar-refractivity contribution >= 4 is 0 Å². The Morgan fingerprint density at radius 3 is 1.44 bits per heavy atom. The molecule has 0 aromatic heterocycles. The van der Waals surface area contributed by atoms with Crippen molar-refractivity contribution in [1.82, 2.24) is 0 Å². The van der Waals surface area contributed by atoms with E-state index < -0.39 is 0 Å². The minimum absolute atomic E-state index is 0. The van der Waals surface area contributed by atoms with Crippen molar-refractivity contribution in [2.45, 2.75) is 33.6 Å². The Bertz CT molecular complexity index is 22.9. The standard InChI is InChI=1S/C4H10N.C3H8.K/c1-3-4-5-2;1-3-2;/h3-4H2,1-2H3;3H2,1-2H3;/q-1;;+1. The number of nitrogens with zero attached hydrogens (tertiary/aromatic N) is 1. The fourth-order valence-corrected chi connectivity index (χ4v) is 0.224. The molecule has 0 unspecified atom stereocenters. The van der Waals surface area contributed by atoms with Gasteiger partial charge in [0.2, 0.25) is 0 Å². The molecule has 0 aliphatic heterocycles. The number of hydrogen-bond acceptors (Lipinski definition) is 0. The first-order chi connectivity index (χ1) is 3.83. The Morgan fingerprint density at radius 1 is 1.11 bits per heavy atom. The second-order valence-corrected chi connectivity index (χ2v) is 1.75. The molecule has 52 valence electrons. The van der Waals surface area contributed by atoms with Gasteiger partial charge in [-0.05, 0) is 0 Å². The largest absolute Gasteiger partial charge is 1.00 e. The topological polar surface area (TPSA) is 14.1 Å². The van der Waals surface area contributed by atoms with Crippen LogP contribution in [0.25, 0.3) is 5.32 Å². The van der Waals surface area contributed by atoms with Crippen molar-refractivity contribution in [2.24, 2.45) is 0 Å². The zero-order valence-electron chi connectivity index (χ0n) is 7.57. The van der Waals surface area contributed by atoms with Gasteiger partial charge in [-0.15, -0.1) is 6.54 Å². The fraction of sp³-hybridized carbons (Fsp3) is 1.00. The third-order valence-electron chi connectivity index (χ3n) is 0.447. The van der Waals surface area contributed by atoms with Crippen molar-refractivity contribution in [1.29, 1.82) is 0 Å². The van der Waals surface area contributed by atoms with Crippen molar-refractivity contribution in [3.63, 3.8) is 0 Å². The van der Waals surface area contributed by atoms with E-state index in [0.29, 0.717) is 0 Å². The van der Waals surface area contributed by atoms with Gasteiger partial charge in [-0.3, -0.25) is 0 Å². The van der Waals surface area contributed by atoms with Crippen LogP contribution >= 0.6 is 0 Å². The van der Waals surface area contributed by atoms with Gasteiger partial charge in [0.15, 0.2) is 0 Å². The van der Waals surface area contributed by atoms with E-state index in [1.54, 1.807) is 0 Å². The Morgan fingerprint density at radius 2 is 1.44 bits per heavy atom. The second kappa shape index (κ2) is 22.6. The minimum atomic E-state index is 0. The maximum absolute atomic E-state index is 3.85. The summed E-state index contributed by atoms with van der Waals surface area (Å²) in [6.45, 7) is 7.38. The summed E-state index contributed by atoms with van der Waals surface area (Å²) >= 11 is 0. The van der Waals surface area contributed by atoms with Crippen LogP contribution in [-0.2, 0) is 0 Å². The van der Waals surface area contributed by atoms with Crippen molar-refractivity contribution in [3.05, 3.63) is 5.32 Å². The van der Waals surface area contributed by atoms with Gasteiger partial charge in [-0.2, -0.15) is 7.05 Å². The summed E-state index contributed by atoms with van der Waals surface area (Å²) in [7, 11) is 1.84. The summed E-state index contributed by atoms with van der Waals surface area (Å²) in [6.07, 6.45) is 2.43. The van der Waals surface area contributed by atoms with E-state index in [0.717, 1.165) is 6.54 Å². The summed E-state index contributed by atoms with van der Waals surface area (Å²) in [4.78, 5) is 0. The smallest absolute Gasteiger partial charge is 0.665 e. The first kappa shape index (κ1) is 16.9. The molecule has 0 aromatic carbocycles. The molecule has 0 amide bonds. The Labute approximate surface area is 102 Å². The van der Waals surface area contributed by atoms with Gasteiger partial charge in [-0.25, -0.2) is 0 Å². The first-order valence-electron chi connectivity index (χ1n) is 3.38. The van der Waals surface area contributed by atoms with E-state index in [-0.39, 0.29) is 51.4 Å².